The first-order valence-electron chi connectivity index (χ1n) is 10.3. The van der Waals surface area contributed by atoms with E-state index in [1.54, 1.807) is 13.0 Å². The van der Waals surface area contributed by atoms with E-state index in [1.165, 1.54) is 37.6 Å². The van der Waals surface area contributed by atoms with Crippen LogP contribution in [0.15, 0.2) is 41.5 Å². The lowest BCUT2D eigenvalue weighted by Gasteiger charge is -2.50. The Hall–Kier alpha value is -2.85. The molecule has 8 nitrogen and oxygen atoms in total. The molecule has 0 radical (unpaired) electrons. The highest BCUT2D eigenvalue weighted by Gasteiger charge is 2.58. The molecule has 0 bridgehead atoms. The van der Waals surface area contributed by atoms with Crippen molar-refractivity contribution in [3.63, 3.8) is 0 Å². The molecule has 172 valence electrons. The summed E-state index contributed by atoms with van der Waals surface area (Å²) >= 11 is 0. The topological polar surface area (TPSA) is 119 Å². The normalized spacial score (nSPS) is 26.5. The van der Waals surface area contributed by atoms with Crippen LogP contribution in [-0.4, -0.2) is 44.6 Å². The molecule has 1 aromatic heterocycles. The largest absolute Gasteiger partial charge is 0.495 e. The summed E-state index contributed by atoms with van der Waals surface area (Å²) in [6.07, 6.45) is 2.03. The van der Waals surface area contributed by atoms with Crippen LogP contribution in [-0.2, 0) is 15.7 Å². The second-order valence-corrected chi connectivity index (χ2v) is 12.2. The van der Waals surface area contributed by atoms with Crippen LogP contribution in [0.2, 0.25) is 0 Å². The summed E-state index contributed by atoms with van der Waals surface area (Å²) in [5.74, 6) is -0.187. The van der Waals surface area contributed by atoms with Crippen LogP contribution in [0, 0.1) is 5.82 Å². The van der Waals surface area contributed by atoms with Gasteiger partial charge >= 0.3 is 0 Å². The van der Waals surface area contributed by atoms with Gasteiger partial charge in [-0.2, -0.15) is 0 Å². The number of anilines is 1. The first-order valence-corrected chi connectivity index (χ1v) is 12.1. The highest BCUT2D eigenvalue weighted by atomic mass is 32.3. The predicted molar refractivity (Wildman–Crippen MR) is 124 cm³/mol. The molecule has 0 aliphatic carbocycles. The number of ether oxygens (including phenoxy) is 1. The number of aromatic nitrogens is 1. The number of aliphatic imine (C=N–C) groups is 1. The minimum Gasteiger partial charge on any atom is -0.495 e. The first kappa shape index (κ1) is 22.3. The van der Waals surface area contributed by atoms with Crippen molar-refractivity contribution < 1.29 is 18.1 Å². The van der Waals surface area contributed by atoms with Gasteiger partial charge in [-0.3, -0.25) is 18.7 Å². The molecule has 1 fully saturated rings. The Bertz CT molecular complexity index is 1150. The number of hydrogen-bond donors (Lipinski definition) is 4. The number of fused-ring (bicyclic) bond motifs is 1. The molecule has 2 aliphatic heterocycles. The van der Waals surface area contributed by atoms with Crippen molar-refractivity contribution in [2.75, 3.05) is 19.0 Å². The average molecular weight is 462 g/mol. The Morgan fingerprint density at radius 2 is 2.06 bits per heavy atom. The first-order chi connectivity index (χ1) is 15.0. The Morgan fingerprint density at radius 1 is 1.31 bits per heavy atom. The van der Waals surface area contributed by atoms with Crippen molar-refractivity contribution in [1.29, 1.82) is 0 Å². The van der Waals surface area contributed by atoms with E-state index in [0.717, 1.165) is 0 Å². The highest BCUT2D eigenvalue weighted by molar-refractivity contribution is 8.04. The summed E-state index contributed by atoms with van der Waals surface area (Å²) in [6.45, 7) is 5.93. The molecular weight excluding hydrogens is 433 g/mol. The number of carbonyl (C=O) groups excluding carboxylic acids is 1. The second kappa shape index (κ2) is 7.63. The maximum atomic E-state index is 15.1. The fourth-order valence-corrected chi connectivity index (χ4v) is 8.22. The molecule has 4 N–H and O–H groups in total. The third-order valence-electron chi connectivity index (χ3n) is 6.64. The summed E-state index contributed by atoms with van der Waals surface area (Å²) in [4.78, 5) is 21.4. The van der Waals surface area contributed by atoms with Crippen molar-refractivity contribution in [2.45, 2.75) is 42.7 Å². The lowest BCUT2D eigenvalue weighted by Crippen LogP contribution is -2.64. The van der Waals surface area contributed by atoms with Crippen molar-refractivity contribution in [3.05, 3.63) is 53.6 Å². The molecule has 32 heavy (non-hydrogen) atoms. The molecule has 0 unspecified atom stereocenters. The predicted octanol–water partition coefficient (Wildman–Crippen LogP) is 2.14. The lowest BCUT2D eigenvalue weighted by molar-refractivity contribution is 0.102. The Balaban J connectivity index is 1.72. The molecule has 1 aromatic carbocycles. The van der Waals surface area contributed by atoms with E-state index in [4.69, 9.17) is 10.5 Å². The Labute approximate surface area is 187 Å². The molecule has 2 atom stereocenters. The number of nitrogens with two attached hydrogens (primary N) is 1. The Morgan fingerprint density at radius 3 is 2.72 bits per heavy atom. The number of amides is 1. The van der Waals surface area contributed by atoms with Crippen molar-refractivity contribution in [3.8, 4) is 5.75 Å². The third kappa shape index (κ3) is 3.29. The molecule has 4 rings (SSSR count). The van der Waals surface area contributed by atoms with Crippen LogP contribution in [0.25, 0.3) is 0 Å². The fourth-order valence-electron chi connectivity index (χ4n) is 4.57. The molecule has 3 heterocycles. The van der Waals surface area contributed by atoms with Gasteiger partial charge in [-0.25, -0.2) is 9.37 Å². The van der Waals surface area contributed by atoms with E-state index in [2.05, 4.69) is 20.0 Å². The third-order valence-corrected chi connectivity index (χ3v) is 10.9. The van der Waals surface area contributed by atoms with Crippen molar-refractivity contribution >= 4 is 27.5 Å². The zero-order valence-corrected chi connectivity index (χ0v) is 19.4. The smallest absolute Gasteiger partial charge is 0.274 e. The lowest BCUT2D eigenvalue weighted by atomic mass is 9.86. The zero-order chi connectivity index (χ0) is 23.3. The summed E-state index contributed by atoms with van der Waals surface area (Å²) in [6, 6.07) is 7.44. The molecule has 1 saturated heterocycles. The SMILES string of the molecule is COc1ccc(C(=O)Nc2ccc(F)c([C@@]3(C)N=C(N)C(C)(C)[SH]4(=O)NCC[C@@H]34)c2)nc1. The van der Waals surface area contributed by atoms with Crippen LogP contribution in [0.4, 0.5) is 10.1 Å². The fraction of sp³-hybridized carbons (Fsp3) is 0.409. The maximum Gasteiger partial charge on any atom is 0.274 e. The van der Waals surface area contributed by atoms with Gasteiger partial charge in [-0.1, -0.05) is 0 Å². The summed E-state index contributed by atoms with van der Waals surface area (Å²) < 4.78 is 36.5. The number of rotatable bonds is 4. The average Bonchev–Trinajstić information content (AvgIpc) is 3.18. The van der Waals surface area contributed by atoms with E-state index >= 15 is 4.39 Å². The molecule has 0 saturated carbocycles. The number of hydrogen-bond acceptors (Lipinski definition) is 6. The molecule has 2 aromatic rings. The highest BCUT2D eigenvalue weighted by Crippen LogP contribution is 2.49. The van der Waals surface area contributed by atoms with E-state index in [1.807, 2.05) is 13.8 Å². The minimum atomic E-state index is -3.02. The number of amidine groups is 1. The van der Waals surface area contributed by atoms with Gasteiger partial charge in [0.2, 0.25) is 0 Å². The van der Waals surface area contributed by atoms with E-state index < -0.39 is 37.4 Å². The van der Waals surface area contributed by atoms with E-state index in [-0.39, 0.29) is 17.1 Å². The quantitative estimate of drug-likeness (QED) is 0.520. The number of nitrogens with zero attached hydrogens (tertiary/aromatic N) is 2. The second-order valence-electron chi connectivity index (χ2n) is 8.81. The van der Waals surface area contributed by atoms with Gasteiger partial charge in [0.1, 0.15) is 28.6 Å². The van der Waals surface area contributed by atoms with Gasteiger partial charge < -0.3 is 15.8 Å². The number of pyridine rings is 1. The van der Waals surface area contributed by atoms with Crippen LogP contribution in [0.3, 0.4) is 0 Å². The maximum absolute atomic E-state index is 15.1. The number of nitrogens with one attached hydrogen (secondary N) is 2. The number of carbonyl (C=O) groups is 1. The van der Waals surface area contributed by atoms with Gasteiger partial charge in [0, 0.05) is 17.8 Å². The molecule has 1 amide bonds. The van der Waals surface area contributed by atoms with Gasteiger partial charge in [0.15, 0.2) is 0 Å². The van der Waals surface area contributed by atoms with Gasteiger partial charge in [-0.15, -0.1) is 0 Å². The van der Waals surface area contributed by atoms with Crippen molar-refractivity contribution in [1.82, 2.24) is 9.71 Å². The standard InChI is InChI=1S/C22H28FN5O3S/c1-21(2)20(24)28-22(3,18-9-10-26-32(18,21)30)15-11-13(5-7-16(15)23)27-19(29)17-8-6-14(31-4)12-25-17/h5-8,11-12,18,32H,9-10H2,1-4H3,(H2,24,28)(H,26,30)(H,27,29)/t18-,22+/m0/s1. The number of halogens is 1. The molecule has 2 aliphatic rings. The van der Waals surface area contributed by atoms with Crippen LogP contribution >= 0.6 is 0 Å². The van der Waals surface area contributed by atoms with E-state index in [9.17, 15) is 9.00 Å². The van der Waals surface area contributed by atoms with Crippen LogP contribution in [0.1, 0.15) is 43.2 Å². The summed E-state index contributed by atoms with van der Waals surface area (Å²) in [5.41, 5.74) is 5.93. The van der Waals surface area contributed by atoms with Gasteiger partial charge in [0.05, 0.1) is 23.3 Å². The monoisotopic (exact) mass is 461 g/mol. The number of methoxy groups -OCH3 is 1. The summed E-state index contributed by atoms with van der Waals surface area (Å²) in [5, 5.41) is 2.33. The number of thiol groups is 1. The molecular formula is C22H28FN5O3S. The molecule has 0 spiro atoms. The minimum absolute atomic E-state index is 0.189. The Kier molecular flexibility index (Phi) is 5.33. The molecule has 10 heteroatoms. The summed E-state index contributed by atoms with van der Waals surface area (Å²) in [7, 11) is -1.51. The van der Waals surface area contributed by atoms with Crippen molar-refractivity contribution in [2.24, 2.45) is 10.7 Å². The van der Waals surface area contributed by atoms with Crippen LogP contribution in [0.5, 0.6) is 5.75 Å². The van der Waals surface area contributed by atoms with Gasteiger partial charge in [-0.05, 0) is 67.6 Å². The zero-order valence-electron chi connectivity index (χ0n) is 18.5. The van der Waals surface area contributed by atoms with E-state index in [0.29, 0.717) is 24.4 Å². The number of benzene rings is 1. The van der Waals surface area contributed by atoms with Gasteiger partial charge in [0.25, 0.3) is 5.91 Å². The van der Waals surface area contributed by atoms with Crippen LogP contribution < -0.4 is 20.5 Å².